The molecule has 3 rings (SSSR count). The Morgan fingerprint density at radius 2 is 1.72 bits per heavy atom. The Hall–Kier alpha value is -2.97. The minimum atomic E-state index is -5.14. The summed E-state index contributed by atoms with van der Waals surface area (Å²) in [4.78, 5) is 29.0. The fraction of sp³-hybridized carbons (Fsp3) is 0.188. The molecule has 0 saturated carbocycles. The summed E-state index contributed by atoms with van der Waals surface area (Å²) in [6.07, 6.45) is -3.82. The van der Waals surface area contributed by atoms with Gasteiger partial charge in [0.2, 0.25) is 5.54 Å². The highest BCUT2D eigenvalue weighted by Gasteiger charge is 2.69. The van der Waals surface area contributed by atoms with Gasteiger partial charge in [-0.15, -0.1) is 0 Å². The Morgan fingerprint density at radius 1 is 1.08 bits per heavy atom. The van der Waals surface area contributed by atoms with Crippen LogP contribution in [0, 0.1) is 12.7 Å². The Morgan fingerprint density at radius 3 is 2.24 bits per heavy atom. The first-order chi connectivity index (χ1) is 11.7. The topological polar surface area (TPSA) is 62.3 Å². The van der Waals surface area contributed by atoms with E-state index in [1.807, 2.05) is 0 Å². The molecule has 1 aliphatic rings. The predicted octanol–water partition coefficient (Wildman–Crippen LogP) is 3.04. The quantitative estimate of drug-likeness (QED) is 0.667. The average Bonchev–Trinajstić information content (AvgIpc) is 2.81. The van der Waals surface area contributed by atoms with Crippen LogP contribution in [0.4, 0.5) is 28.2 Å². The van der Waals surface area contributed by atoms with E-state index in [0.717, 1.165) is 24.3 Å². The van der Waals surface area contributed by atoms with Gasteiger partial charge in [-0.1, -0.05) is 18.2 Å². The summed E-state index contributed by atoms with van der Waals surface area (Å²) in [5.41, 5.74) is -3.18. The van der Waals surface area contributed by atoms with Crippen LogP contribution in [-0.2, 0) is 10.3 Å². The van der Waals surface area contributed by atoms with Crippen molar-refractivity contribution in [2.45, 2.75) is 18.6 Å². The van der Waals surface area contributed by atoms with Gasteiger partial charge in [0.25, 0.3) is 5.91 Å². The molecular weight excluding hydrogens is 342 g/mol. The van der Waals surface area contributed by atoms with E-state index in [4.69, 9.17) is 0 Å². The summed E-state index contributed by atoms with van der Waals surface area (Å²) in [5, 5.41) is 1.71. The molecule has 1 aliphatic heterocycles. The molecule has 130 valence electrons. The van der Waals surface area contributed by atoms with Gasteiger partial charge in [0, 0.05) is 6.20 Å². The van der Waals surface area contributed by atoms with Crippen LogP contribution in [0.1, 0.15) is 11.1 Å². The standard InChI is InChI=1S/C16H11F4N3O2/c1-9-2-7-12(21-8-9)23-13(24)15(16(18,19)20,22-14(23)25)10-3-5-11(17)6-4-10/h2-8H,1H3,(H,22,25)/t15-/m0/s1. The van der Waals surface area contributed by atoms with Crippen molar-refractivity contribution < 1.29 is 27.2 Å². The second kappa shape index (κ2) is 5.54. The number of hydrogen-bond acceptors (Lipinski definition) is 3. The zero-order chi connectivity index (χ0) is 18.4. The first kappa shape index (κ1) is 16.9. The molecule has 0 spiro atoms. The number of anilines is 1. The summed E-state index contributed by atoms with van der Waals surface area (Å²) < 4.78 is 54.5. The molecule has 9 heteroatoms. The Balaban J connectivity index is 2.15. The number of carbonyl (C=O) groups excluding carboxylic acids is 2. The minimum absolute atomic E-state index is 0.235. The Kier molecular flexibility index (Phi) is 3.74. The number of urea groups is 1. The van der Waals surface area contributed by atoms with Gasteiger partial charge in [0.15, 0.2) is 0 Å². The molecule has 25 heavy (non-hydrogen) atoms. The zero-order valence-corrected chi connectivity index (χ0v) is 12.8. The lowest BCUT2D eigenvalue weighted by Gasteiger charge is -2.29. The number of aromatic nitrogens is 1. The molecule has 1 N–H and O–H groups in total. The van der Waals surface area contributed by atoms with Crippen LogP contribution < -0.4 is 10.2 Å². The van der Waals surface area contributed by atoms with Gasteiger partial charge >= 0.3 is 12.2 Å². The fourth-order valence-electron chi connectivity index (χ4n) is 2.58. The number of hydrogen-bond donors (Lipinski definition) is 1. The van der Waals surface area contributed by atoms with Crippen molar-refractivity contribution in [3.63, 3.8) is 0 Å². The maximum atomic E-state index is 13.8. The maximum absolute atomic E-state index is 13.8. The van der Waals surface area contributed by atoms with E-state index in [2.05, 4.69) is 4.98 Å². The molecule has 5 nitrogen and oxygen atoms in total. The monoisotopic (exact) mass is 353 g/mol. The van der Waals surface area contributed by atoms with Crippen molar-refractivity contribution in [1.82, 2.24) is 10.3 Å². The summed E-state index contributed by atoms with van der Waals surface area (Å²) in [6, 6.07) is 4.71. The van der Waals surface area contributed by atoms with Crippen LogP contribution in [0.15, 0.2) is 42.6 Å². The Labute approximate surface area is 139 Å². The van der Waals surface area contributed by atoms with Crippen molar-refractivity contribution in [2.24, 2.45) is 0 Å². The van der Waals surface area contributed by atoms with E-state index >= 15 is 0 Å². The highest BCUT2D eigenvalue weighted by molar-refractivity contribution is 6.23. The van der Waals surface area contributed by atoms with Crippen molar-refractivity contribution in [3.05, 3.63) is 59.5 Å². The predicted molar refractivity (Wildman–Crippen MR) is 79.1 cm³/mol. The van der Waals surface area contributed by atoms with Crippen LogP contribution in [0.2, 0.25) is 0 Å². The smallest absolute Gasteiger partial charge is 0.311 e. The molecule has 1 aromatic heterocycles. The normalized spacial score (nSPS) is 20.8. The second-order valence-electron chi connectivity index (χ2n) is 5.52. The molecule has 1 aromatic carbocycles. The molecule has 0 aliphatic carbocycles. The van der Waals surface area contributed by atoms with Crippen molar-refractivity contribution >= 4 is 17.8 Å². The van der Waals surface area contributed by atoms with E-state index in [0.29, 0.717) is 10.5 Å². The number of alkyl halides is 3. The molecular formula is C16H11F4N3O2. The van der Waals surface area contributed by atoms with Crippen molar-refractivity contribution in [3.8, 4) is 0 Å². The summed E-state index contributed by atoms with van der Waals surface area (Å²) in [7, 11) is 0. The van der Waals surface area contributed by atoms with E-state index in [-0.39, 0.29) is 5.82 Å². The first-order valence-corrected chi connectivity index (χ1v) is 7.09. The summed E-state index contributed by atoms with van der Waals surface area (Å²) in [5.74, 6) is -2.55. The van der Waals surface area contributed by atoms with E-state index in [9.17, 15) is 27.2 Å². The lowest BCUT2D eigenvalue weighted by Crippen LogP contribution is -2.55. The van der Waals surface area contributed by atoms with Gasteiger partial charge in [-0.2, -0.15) is 13.2 Å². The van der Waals surface area contributed by atoms with Crippen LogP contribution in [-0.4, -0.2) is 23.1 Å². The van der Waals surface area contributed by atoms with Crippen LogP contribution in [0.5, 0.6) is 0 Å². The molecule has 3 amide bonds. The zero-order valence-electron chi connectivity index (χ0n) is 12.8. The van der Waals surface area contributed by atoms with Crippen molar-refractivity contribution in [1.29, 1.82) is 0 Å². The Bertz CT molecular complexity index is 834. The van der Waals surface area contributed by atoms with E-state index in [1.165, 1.54) is 18.3 Å². The van der Waals surface area contributed by atoms with Gasteiger partial charge in [-0.05, 0) is 36.2 Å². The van der Waals surface area contributed by atoms with Gasteiger partial charge in [0.1, 0.15) is 11.6 Å². The highest BCUT2D eigenvalue weighted by atomic mass is 19.4. The number of imide groups is 1. The number of carbonyl (C=O) groups is 2. The highest BCUT2D eigenvalue weighted by Crippen LogP contribution is 2.44. The van der Waals surface area contributed by atoms with Gasteiger partial charge in [-0.3, -0.25) is 4.79 Å². The molecule has 2 aromatic rings. The number of nitrogens with one attached hydrogen (secondary N) is 1. The summed E-state index contributed by atoms with van der Waals surface area (Å²) in [6.45, 7) is 1.70. The second-order valence-corrected chi connectivity index (χ2v) is 5.52. The number of pyridine rings is 1. The van der Waals surface area contributed by atoms with E-state index in [1.54, 1.807) is 12.2 Å². The SMILES string of the molecule is Cc1ccc(N2C(=O)N[C@](c3ccc(F)cc3)(C(F)(F)F)C2=O)nc1. The van der Waals surface area contributed by atoms with Crippen LogP contribution in [0.25, 0.3) is 0 Å². The van der Waals surface area contributed by atoms with Gasteiger partial charge in [-0.25, -0.2) is 19.1 Å². The molecule has 0 radical (unpaired) electrons. The number of benzene rings is 1. The van der Waals surface area contributed by atoms with Crippen molar-refractivity contribution in [2.75, 3.05) is 4.90 Å². The number of amides is 3. The van der Waals surface area contributed by atoms with Gasteiger partial charge in [0.05, 0.1) is 0 Å². The number of nitrogens with zero attached hydrogens (tertiary/aromatic N) is 2. The third-order valence-electron chi connectivity index (χ3n) is 3.85. The molecule has 1 atom stereocenters. The maximum Gasteiger partial charge on any atom is 0.425 e. The lowest BCUT2D eigenvalue weighted by atomic mass is 9.89. The molecule has 0 unspecified atom stereocenters. The van der Waals surface area contributed by atoms with Crippen LogP contribution in [0.3, 0.4) is 0 Å². The van der Waals surface area contributed by atoms with Gasteiger partial charge < -0.3 is 5.32 Å². The molecule has 1 saturated heterocycles. The third-order valence-corrected chi connectivity index (χ3v) is 3.85. The fourth-order valence-corrected chi connectivity index (χ4v) is 2.58. The molecule has 0 bridgehead atoms. The average molecular weight is 353 g/mol. The number of rotatable bonds is 2. The molecule has 2 heterocycles. The third kappa shape index (κ3) is 2.51. The van der Waals surface area contributed by atoms with Crippen LogP contribution >= 0.6 is 0 Å². The molecule has 1 fully saturated rings. The largest absolute Gasteiger partial charge is 0.425 e. The lowest BCUT2D eigenvalue weighted by molar-refractivity contribution is -0.195. The number of aryl methyl sites for hydroxylation is 1. The summed E-state index contributed by atoms with van der Waals surface area (Å²) >= 11 is 0. The number of halogens is 4. The first-order valence-electron chi connectivity index (χ1n) is 7.09. The minimum Gasteiger partial charge on any atom is -0.311 e. The van der Waals surface area contributed by atoms with E-state index < -0.39 is 35.0 Å².